The minimum Gasteiger partial charge on any atom is -0.323 e. The second kappa shape index (κ2) is 16.8. The first-order chi connectivity index (χ1) is 3.46. The molecule has 0 aromatic carbocycles. The molecule has 0 aromatic rings. The van der Waals surface area contributed by atoms with Crippen LogP contribution in [-0.4, -0.2) is 0 Å². The fourth-order valence-corrected chi connectivity index (χ4v) is 0. The molecule has 0 aromatic heterocycles. The van der Waals surface area contributed by atoms with Crippen LogP contribution in [0, 0.1) is 11.8 Å². The SMILES string of the molecule is C[C-](C)C.C[C-](C)C.I.[Ag]. The van der Waals surface area contributed by atoms with Crippen LogP contribution in [0.2, 0.25) is 0 Å². The molecule has 0 N–H and O–H groups in total. The minimum atomic E-state index is 0. The fraction of sp³-hybridized carbons (Fsp3) is 0.750. The number of halogens is 1. The first kappa shape index (κ1) is 22.5. The molecule has 2 heteroatoms. The number of hydrogen-bond acceptors (Lipinski definition) is 0. The van der Waals surface area contributed by atoms with E-state index in [1.807, 2.05) is 0 Å². The number of rotatable bonds is 0. The van der Waals surface area contributed by atoms with Crippen LogP contribution in [0.4, 0.5) is 0 Å². The van der Waals surface area contributed by atoms with E-state index >= 15 is 0 Å². The summed E-state index contributed by atoms with van der Waals surface area (Å²) in [7, 11) is 0. The summed E-state index contributed by atoms with van der Waals surface area (Å²) in [5.41, 5.74) is 0. The summed E-state index contributed by atoms with van der Waals surface area (Å²) >= 11 is 0. The van der Waals surface area contributed by atoms with E-state index in [0.29, 0.717) is 0 Å². The summed E-state index contributed by atoms with van der Waals surface area (Å²) in [4.78, 5) is 0. The zero-order valence-corrected chi connectivity index (χ0v) is 11.5. The van der Waals surface area contributed by atoms with Gasteiger partial charge in [-0.25, -0.2) is 0 Å². The molecule has 0 bridgehead atoms. The van der Waals surface area contributed by atoms with E-state index in [2.05, 4.69) is 41.5 Å². The van der Waals surface area contributed by atoms with Crippen LogP contribution in [0.1, 0.15) is 41.5 Å². The molecule has 0 aliphatic carbocycles. The maximum Gasteiger partial charge on any atom is 0 e. The van der Waals surface area contributed by atoms with Gasteiger partial charge < -0.3 is 11.8 Å². The fourth-order valence-electron chi connectivity index (χ4n) is 0. The van der Waals surface area contributed by atoms with Crippen molar-refractivity contribution in [3.63, 3.8) is 0 Å². The van der Waals surface area contributed by atoms with E-state index in [1.54, 1.807) is 0 Å². The molecule has 0 aliphatic heterocycles. The maximum atomic E-state index is 2.08. The van der Waals surface area contributed by atoms with Crippen molar-refractivity contribution in [1.82, 2.24) is 0 Å². The molecule has 0 atom stereocenters. The van der Waals surface area contributed by atoms with Gasteiger partial charge in [0, 0.05) is 22.4 Å². The molecule has 0 nitrogen and oxygen atoms in total. The molecule has 0 rings (SSSR count). The molecule has 1 radical (unpaired) electrons. The van der Waals surface area contributed by atoms with Gasteiger partial charge >= 0.3 is 0 Å². The molecule has 0 unspecified atom stereocenters. The number of hydrogen-bond donors (Lipinski definition) is 0. The molecule has 71 valence electrons. The van der Waals surface area contributed by atoms with Gasteiger partial charge in [-0.3, -0.25) is 0 Å². The molecule has 10 heavy (non-hydrogen) atoms. The summed E-state index contributed by atoms with van der Waals surface area (Å²) < 4.78 is 0. The van der Waals surface area contributed by atoms with Gasteiger partial charge in [0.15, 0.2) is 0 Å². The van der Waals surface area contributed by atoms with E-state index in [1.165, 1.54) is 11.8 Å². The van der Waals surface area contributed by atoms with Crippen LogP contribution in [0.15, 0.2) is 0 Å². The monoisotopic (exact) mass is 349 g/mol. The van der Waals surface area contributed by atoms with Crippen LogP contribution in [0.25, 0.3) is 0 Å². The van der Waals surface area contributed by atoms with Crippen molar-refractivity contribution >= 4 is 24.0 Å². The van der Waals surface area contributed by atoms with Gasteiger partial charge in [-0.05, 0) is 0 Å². The molecule has 0 aliphatic rings. The van der Waals surface area contributed by atoms with E-state index in [9.17, 15) is 0 Å². The van der Waals surface area contributed by atoms with Gasteiger partial charge in [0.2, 0.25) is 0 Å². The van der Waals surface area contributed by atoms with Crippen molar-refractivity contribution in [2.75, 3.05) is 0 Å². The Labute approximate surface area is 99.1 Å². The molecule has 0 amide bonds. The first-order valence-corrected chi connectivity index (χ1v) is 3.00. The smallest absolute Gasteiger partial charge is 0 e. The van der Waals surface area contributed by atoms with Crippen molar-refractivity contribution in [2.24, 2.45) is 0 Å². The summed E-state index contributed by atoms with van der Waals surface area (Å²) in [5, 5.41) is 0. The molecule has 0 heterocycles. The quantitative estimate of drug-likeness (QED) is 0.354. The van der Waals surface area contributed by atoms with Gasteiger partial charge in [-0.1, -0.05) is 0 Å². The maximum absolute atomic E-state index is 2.08. The van der Waals surface area contributed by atoms with Crippen LogP contribution in [-0.2, 0) is 22.4 Å². The van der Waals surface area contributed by atoms with Gasteiger partial charge in [0.1, 0.15) is 0 Å². The topological polar surface area (TPSA) is 0 Å². The average molecular weight is 350 g/mol. The largest absolute Gasteiger partial charge is 0.323 e. The first-order valence-electron chi connectivity index (χ1n) is 3.00. The Morgan fingerprint density at radius 1 is 0.600 bits per heavy atom. The van der Waals surface area contributed by atoms with Crippen molar-refractivity contribution in [2.45, 2.75) is 41.5 Å². The molecular formula is C8H19AgI-2. The Morgan fingerprint density at radius 3 is 0.600 bits per heavy atom. The van der Waals surface area contributed by atoms with E-state index < -0.39 is 0 Å². The zero-order chi connectivity index (χ0) is 7.15. The Morgan fingerprint density at radius 2 is 0.600 bits per heavy atom. The Kier molecular flexibility index (Phi) is 37.9. The minimum absolute atomic E-state index is 0. The second-order valence-electron chi connectivity index (χ2n) is 3.00. The van der Waals surface area contributed by atoms with Crippen molar-refractivity contribution in [3.8, 4) is 0 Å². The molecule has 0 spiro atoms. The van der Waals surface area contributed by atoms with Gasteiger partial charge in [0.25, 0.3) is 0 Å². The van der Waals surface area contributed by atoms with Gasteiger partial charge in [-0.15, -0.1) is 24.0 Å². The van der Waals surface area contributed by atoms with Gasteiger partial charge in [0.05, 0.1) is 0 Å². The van der Waals surface area contributed by atoms with E-state index in [4.69, 9.17) is 0 Å². The summed E-state index contributed by atoms with van der Waals surface area (Å²) in [5.74, 6) is 2.83. The Balaban J connectivity index is -0.0000000300. The molecule has 0 fully saturated rings. The molecule has 0 saturated heterocycles. The van der Waals surface area contributed by atoms with Crippen LogP contribution in [0.5, 0.6) is 0 Å². The summed E-state index contributed by atoms with van der Waals surface area (Å²) in [6.07, 6.45) is 0. The van der Waals surface area contributed by atoms with Crippen molar-refractivity contribution < 1.29 is 22.4 Å². The van der Waals surface area contributed by atoms with Crippen molar-refractivity contribution in [3.05, 3.63) is 11.8 Å². The third kappa shape index (κ3) is 314. The van der Waals surface area contributed by atoms with Crippen molar-refractivity contribution in [1.29, 1.82) is 0 Å². The predicted molar refractivity (Wildman–Crippen MR) is 55.9 cm³/mol. The van der Waals surface area contributed by atoms with Crippen LogP contribution < -0.4 is 0 Å². The Hall–Kier alpha value is 1.47. The molecule has 0 saturated carbocycles. The third-order valence-electron chi connectivity index (χ3n) is 0. The summed E-state index contributed by atoms with van der Waals surface area (Å²) in [6.45, 7) is 12.5. The molecular weight excluding hydrogens is 331 g/mol. The van der Waals surface area contributed by atoms with E-state index in [0.717, 1.165) is 0 Å². The standard InChI is InChI=1S/2C4H9.Ag.HI/c2*1-4(2)3;;/h2*1-3H3;;1H/q2*-1;;. The zero-order valence-electron chi connectivity index (χ0n) is 7.71. The van der Waals surface area contributed by atoms with E-state index in [-0.39, 0.29) is 46.4 Å². The normalized spacial score (nSPS) is 7.20. The Bertz CT molecular complexity index is 24.7. The van der Waals surface area contributed by atoms with Gasteiger partial charge in [-0.2, -0.15) is 41.5 Å². The second-order valence-corrected chi connectivity index (χ2v) is 3.00. The van der Waals surface area contributed by atoms with Crippen LogP contribution >= 0.6 is 24.0 Å². The third-order valence-corrected chi connectivity index (χ3v) is 0. The average Bonchev–Trinajstić information content (AvgIpc) is 1.25. The van der Waals surface area contributed by atoms with Crippen LogP contribution in [0.3, 0.4) is 0 Å². The summed E-state index contributed by atoms with van der Waals surface area (Å²) in [6, 6.07) is 0. The predicted octanol–water partition coefficient (Wildman–Crippen LogP) is 3.86.